The number of ketones is 1. The molecule has 1 aromatic carbocycles. The molecule has 0 bridgehead atoms. The SMILES string of the molecule is COc1ccc(CCC(=O)C2CCCCC2N)cc1. The summed E-state index contributed by atoms with van der Waals surface area (Å²) in [5.41, 5.74) is 7.23. The number of rotatable bonds is 5. The zero-order valence-corrected chi connectivity index (χ0v) is 11.6. The van der Waals surface area contributed by atoms with E-state index >= 15 is 0 Å². The first-order valence-corrected chi connectivity index (χ1v) is 7.12. The number of carbonyl (C=O) groups is 1. The van der Waals surface area contributed by atoms with Crippen LogP contribution < -0.4 is 10.5 Å². The minimum absolute atomic E-state index is 0.0807. The van der Waals surface area contributed by atoms with E-state index in [1.165, 1.54) is 12.0 Å². The van der Waals surface area contributed by atoms with Crippen molar-refractivity contribution in [2.45, 2.75) is 44.6 Å². The van der Waals surface area contributed by atoms with Crippen LogP contribution in [-0.4, -0.2) is 18.9 Å². The highest BCUT2D eigenvalue weighted by Gasteiger charge is 2.27. The topological polar surface area (TPSA) is 52.3 Å². The van der Waals surface area contributed by atoms with Gasteiger partial charge in [0.1, 0.15) is 11.5 Å². The summed E-state index contributed by atoms with van der Waals surface area (Å²) < 4.78 is 5.12. The summed E-state index contributed by atoms with van der Waals surface area (Å²) in [5.74, 6) is 1.28. The maximum Gasteiger partial charge on any atom is 0.137 e. The van der Waals surface area contributed by atoms with Crippen LogP contribution in [0, 0.1) is 5.92 Å². The summed E-state index contributed by atoms with van der Waals surface area (Å²) in [6.45, 7) is 0. The monoisotopic (exact) mass is 261 g/mol. The Morgan fingerprint density at radius 1 is 1.26 bits per heavy atom. The summed E-state index contributed by atoms with van der Waals surface area (Å²) in [6, 6.07) is 8.00. The van der Waals surface area contributed by atoms with Gasteiger partial charge in [0.2, 0.25) is 0 Å². The van der Waals surface area contributed by atoms with E-state index in [0.29, 0.717) is 12.2 Å². The van der Waals surface area contributed by atoms with Crippen LogP contribution in [0.4, 0.5) is 0 Å². The number of methoxy groups -OCH3 is 1. The molecule has 0 saturated heterocycles. The van der Waals surface area contributed by atoms with Gasteiger partial charge in [0.25, 0.3) is 0 Å². The van der Waals surface area contributed by atoms with Crippen LogP contribution in [0.15, 0.2) is 24.3 Å². The van der Waals surface area contributed by atoms with Gasteiger partial charge in [0.05, 0.1) is 7.11 Å². The molecule has 1 fully saturated rings. The largest absolute Gasteiger partial charge is 0.497 e. The lowest BCUT2D eigenvalue weighted by Crippen LogP contribution is -2.38. The summed E-state index contributed by atoms with van der Waals surface area (Å²) >= 11 is 0. The van der Waals surface area contributed by atoms with Crippen LogP contribution in [0.3, 0.4) is 0 Å². The van der Waals surface area contributed by atoms with Gasteiger partial charge >= 0.3 is 0 Å². The molecule has 3 nitrogen and oxygen atoms in total. The van der Waals surface area contributed by atoms with Gasteiger partial charge in [0.15, 0.2) is 0 Å². The Morgan fingerprint density at radius 3 is 2.58 bits per heavy atom. The van der Waals surface area contributed by atoms with Crippen LogP contribution in [0.1, 0.15) is 37.7 Å². The highest BCUT2D eigenvalue weighted by molar-refractivity contribution is 5.82. The molecule has 2 unspecified atom stereocenters. The molecule has 0 aliphatic heterocycles. The number of hydrogen-bond acceptors (Lipinski definition) is 3. The number of carbonyl (C=O) groups excluding carboxylic acids is 1. The second-order valence-electron chi connectivity index (χ2n) is 5.37. The molecule has 1 saturated carbocycles. The van der Waals surface area contributed by atoms with Gasteiger partial charge in [-0.05, 0) is 37.0 Å². The van der Waals surface area contributed by atoms with E-state index in [-0.39, 0.29) is 12.0 Å². The first-order chi connectivity index (χ1) is 9.20. The molecule has 3 heteroatoms. The van der Waals surface area contributed by atoms with Crippen molar-refractivity contribution in [3.05, 3.63) is 29.8 Å². The van der Waals surface area contributed by atoms with Crippen molar-refractivity contribution >= 4 is 5.78 Å². The van der Waals surface area contributed by atoms with Crippen LogP contribution in [0.25, 0.3) is 0 Å². The van der Waals surface area contributed by atoms with Gasteiger partial charge in [-0.15, -0.1) is 0 Å². The number of benzene rings is 1. The molecule has 1 aliphatic rings. The van der Waals surface area contributed by atoms with E-state index < -0.39 is 0 Å². The maximum atomic E-state index is 12.2. The molecule has 0 amide bonds. The average molecular weight is 261 g/mol. The average Bonchev–Trinajstić information content (AvgIpc) is 2.46. The van der Waals surface area contributed by atoms with Crippen molar-refractivity contribution in [1.82, 2.24) is 0 Å². The Balaban J connectivity index is 1.85. The molecule has 0 spiro atoms. The van der Waals surface area contributed by atoms with Gasteiger partial charge in [-0.25, -0.2) is 0 Å². The number of nitrogens with two attached hydrogens (primary N) is 1. The molecule has 19 heavy (non-hydrogen) atoms. The molecular formula is C16H23NO2. The van der Waals surface area contributed by atoms with E-state index in [4.69, 9.17) is 10.5 Å². The normalized spacial score (nSPS) is 23.1. The Kier molecular flexibility index (Phi) is 4.97. The first kappa shape index (κ1) is 14.1. The van der Waals surface area contributed by atoms with Crippen LogP contribution in [0.5, 0.6) is 5.75 Å². The van der Waals surface area contributed by atoms with Crippen LogP contribution >= 0.6 is 0 Å². The third-order valence-corrected chi connectivity index (χ3v) is 4.05. The highest BCUT2D eigenvalue weighted by Crippen LogP contribution is 2.25. The Morgan fingerprint density at radius 2 is 1.95 bits per heavy atom. The summed E-state index contributed by atoms with van der Waals surface area (Å²) in [7, 11) is 1.66. The van der Waals surface area contributed by atoms with Crippen LogP contribution in [-0.2, 0) is 11.2 Å². The third-order valence-electron chi connectivity index (χ3n) is 4.05. The van der Waals surface area contributed by atoms with Crippen molar-refractivity contribution in [3.8, 4) is 5.75 Å². The molecule has 1 aliphatic carbocycles. The third kappa shape index (κ3) is 3.80. The minimum Gasteiger partial charge on any atom is -0.497 e. The zero-order valence-electron chi connectivity index (χ0n) is 11.6. The molecule has 0 aromatic heterocycles. The predicted molar refractivity (Wildman–Crippen MR) is 76.3 cm³/mol. The van der Waals surface area contributed by atoms with Crippen molar-refractivity contribution in [1.29, 1.82) is 0 Å². The van der Waals surface area contributed by atoms with Crippen molar-refractivity contribution < 1.29 is 9.53 Å². The van der Waals surface area contributed by atoms with Gasteiger partial charge < -0.3 is 10.5 Å². The van der Waals surface area contributed by atoms with E-state index in [0.717, 1.165) is 31.4 Å². The second-order valence-corrected chi connectivity index (χ2v) is 5.37. The molecule has 2 N–H and O–H groups in total. The quantitative estimate of drug-likeness (QED) is 0.886. The van der Waals surface area contributed by atoms with Crippen LogP contribution in [0.2, 0.25) is 0 Å². The number of ether oxygens (including phenoxy) is 1. The van der Waals surface area contributed by atoms with E-state index in [1.54, 1.807) is 7.11 Å². The number of aryl methyl sites for hydroxylation is 1. The summed E-state index contributed by atoms with van der Waals surface area (Å²) in [5, 5.41) is 0. The molecular weight excluding hydrogens is 238 g/mol. The van der Waals surface area contributed by atoms with Gasteiger partial charge in [-0.3, -0.25) is 4.79 Å². The Hall–Kier alpha value is -1.35. The fraction of sp³-hybridized carbons (Fsp3) is 0.562. The molecule has 104 valence electrons. The van der Waals surface area contributed by atoms with Gasteiger partial charge in [0, 0.05) is 18.4 Å². The highest BCUT2D eigenvalue weighted by atomic mass is 16.5. The Labute approximate surface area is 115 Å². The lowest BCUT2D eigenvalue weighted by atomic mass is 9.81. The molecule has 0 radical (unpaired) electrons. The lowest BCUT2D eigenvalue weighted by Gasteiger charge is -2.27. The predicted octanol–water partition coefficient (Wildman–Crippen LogP) is 2.71. The maximum absolute atomic E-state index is 12.2. The fourth-order valence-electron chi connectivity index (χ4n) is 2.80. The van der Waals surface area contributed by atoms with E-state index in [1.807, 2.05) is 24.3 Å². The summed E-state index contributed by atoms with van der Waals surface area (Å²) in [6.07, 6.45) is 5.69. The minimum atomic E-state index is 0.0807. The smallest absolute Gasteiger partial charge is 0.137 e. The number of Topliss-reactive ketones (excluding diaryl/α,β-unsaturated/α-hetero) is 1. The van der Waals surface area contributed by atoms with E-state index in [2.05, 4.69) is 0 Å². The van der Waals surface area contributed by atoms with E-state index in [9.17, 15) is 4.79 Å². The van der Waals surface area contributed by atoms with Crippen molar-refractivity contribution in [3.63, 3.8) is 0 Å². The van der Waals surface area contributed by atoms with Crippen molar-refractivity contribution in [2.75, 3.05) is 7.11 Å². The molecule has 0 heterocycles. The van der Waals surface area contributed by atoms with Crippen molar-refractivity contribution in [2.24, 2.45) is 11.7 Å². The van der Waals surface area contributed by atoms with Gasteiger partial charge in [-0.2, -0.15) is 0 Å². The standard InChI is InChI=1S/C16H23NO2/c1-19-13-9-6-12(7-10-13)8-11-16(18)14-4-2-3-5-15(14)17/h6-7,9-10,14-15H,2-5,8,11,17H2,1H3. The Bertz CT molecular complexity index is 413. The second kappa shape index (κ2) is 6.71. The molecule has 2 rings (SSSR count). The molecule has 1 aromatic rings. The zero-order chi connectivity index (χ0) is 13.7. The lowest BCUT2D eigenvalue weighted by molar-refractivity contribution is -0.124. The summed E-state index contributed by atoms with van der Waals surface area (Å²) in [4.78, 5) is 12.2. The number of hydrogen-bond donors (Lipinski definition) is 1. The first-order valence-electron chi connectivity index (χ1n) is 7.12. The fourth-order valence-corrected chi connectivity index (χ4v) is 2.80. The van der Waals surface area contributed by atoms with Gasteiger partial charge in [-0.1, -0.05) is 25.0 Å². The molecule has 2 atom stereocenters.